The predicted octanol–water partition coefficient (Wildman–Crippen LogP) is 4.43. The third-order valence-corrected chi connectivity index (χ3v) is 8.28. The van der Waals surface area contributed by atoms with E-state index in [-0.39, 0.29) is 29.4 Å². The van der Waals surface area contributed by atoms with Crippen molar-refractivity contribution in [3.05, 3.63) is 81.0 Å². The summed E-state index contributed by atoms with van der Waals surface area (Å²) >= 11 is 0. The zero-order chi connectivity index (χ0) is 29.3. The highest BCUT2D eigenvalue weighted by atomic mass is 16.5. The lowest BCUT2D eigenvalue weighted by atomic mass is 9.64. The number of nitrogens with zero attached hydrogens (tertiary/aromatic N) is 4. The largest absolute Gasteiger partial charge is 0.450 e. The van der Waals surface area contributed by atoms with Crippen LogP contribution in [0, 0.1) is 37.5 Å². The molecule has 1 saturated carbocycles. The lowest BCUT2D eigenvalue weighted by molar-refractivity contribution is -0.139. The Balaban J connectivity index is 1.34. The molecule has 5 rings (SSSR count). The maximum absolute atomic E-state index is 14.0. The van der Waals surface area contributed by atoms with Crippen LogP contribution in [0.4, 0.5) is 0 Å². The molecule has 1 aliphatic heterocycles. The van der Waals surface area contributed by atoms with Crippen LogP contribution < -0.4 is 15.6 Å². The quantitative estimate of drug-likeness (QED) is 0.440. The van der Waals surface area contributed by atoms with Gasteiger partial charge < -0.3 is 15.0 Å². The fraction of sp³-hybridized carbons (Fsp3) is 0.419. The van der Waals surface area contributed by atoms with E-state index in [4.69, 9.17) is 4.74 Å². The smallest absolute Gasteiger partial charge is 0.307 e. The topological polar surface area (TPSA) is 141 Å². The maximum atomic E-state index is 14.0. The summed E-state index contributed by atoms with van der Waals surface area (Å²) in [4.78, 5) is 45.5. The molecule has 1 aliphatic carbocycles. The molecule has 10 nitrogen and oxygen atoms in total. The highest BCUT2D eigenvalue weighted by Crippen LogP contribution is 2.52. The number of benzene rings is 1. The van der Waals surface area contributed by atoms with Gasteiger partial charge in [-0.1, -0.05) is 36.2 Å². The number of carbonyl (C=O) groups is 2. The molecule has 3 heterocycles. The van der Waals surface area contributed by atoms with Crippen molar-refractivity contribution in [2.24, 2.45) is 5.41 Å². The second-order valence-electron chi connectivity index (χ2n) is 11.2. The van der Waals surface area contributed by atoms with Crippen molar-refractivity contribution in [1.29, 1.82) is 5.26 Å². The zero-order valence-corrected chi connectivity index (χ0v) is 23.7. The molecule has 0 radical (unpaired) electrons. The Morgan fingerprint density at radius 2 is 1.93 bits per heavy atom. The van der Waals surface area contributed by atoms with E-state index in [1.54, 1.807) is 26.8 Å². The Morgan fingerprint density at radius 3 is 2.59 bits per heavy atom. The predicted molar refractivity (Wildman–Crippen MR) is 151 cm³/mol. The monoisotopic (exact) mass is 554 g/mol. The van der Waals surface area contributed by atoms with Crippen molar-refractivity contribution in [3.63, 3.8) is 0 Å². The van der Waals surface area contributed by atoms with E-state index in [0.717, 1.165) is 43.2 Å². The fourth-order valence-electron chi connectivity index (χ4n) is 5.96. The Morgan fingerprint density at radius 1 is 1.15 bits per heavy atom. The van der Waals surface area contributed by atoms with Crippen LogP contribution in [-0.2, 0) is 4.79 Å². The van der Waals surface area contributed by atoms with E-state index in [2.05, 4.69) is 32.6 Å². The average molecular weight is 555 g/mol. The number of likely N-dealkylation sites (tertiary alicyclic amines) is 1. The number of hydrogen-bond donors (Lipinski definition) is 2. The molecule has 2 amide bonds. The van der Waals surface area contributed by atoms with E-state index in [9.17, 15) is 19.6 Å². The highest BCUT2D eigenvalue weighted by Gasteiger charge is 2.53. The van der Waals surface area contributed by atoms with Gasteiger partial charge in [0, 0.05) is 6.07 Å². The van der Waals surface area contributed by atoms with Gasteiger partial charge in [-0.2, -0.15) is 10.4 Å². The van der Waals surface area contributed by atoms with Crippen LogP contribution in [0.25, 0.3) is 0 Å². The van der Waals surface area contributed by atoms with Crippen LogP contribution in [0.1, 0.15) is 78.1 Å². The number of H-pyrrole nitrogens is 1. The van der Waals surface area contributed by atoms with E-state index in [1.807, 2.05) is 30.0 Å². The van der Waals surface area contributed by atoms with Gasteiger partial charge in [0.1, 0.15) is 17.5 Å². The van der Waals surface area contributed by atoms with Crippen molar-refractivity contribution >= 4 is 11.8 Å². The van der Waals surface area contributed by atoms with Crippen LogP contribution >= 0.6 is 0 Å². The first-order valence-electron chi connectivity index (χ1n) is 13.9. The number of aromatic amines is 1. The molecule has 2 fully saturated rings. The number of carbonyl (C=O) groups excluding carboxylic acids is 2. The molecule has 2 aliphatic rings. The average Bonchev–Trinajstić information content (AvgIpc) is 3.36. The minimum atomic E-state index is -0.831. The Hall–Kier alpha value is -4.52. The van der Waals surface area contributed by atoms with Gasteiger partial charge in [0.2, 0.25) is 5.91 Å². The Labute approximate surface area is 238 Å². The second-order valence-corrected chi connectivity index (χ2v) is 11.2. The van der Waals surface area contributed by atoms with Gasteiger partial charge in [0.15, 0.2) is 5.75 Å². The summed E-state index contributed by atoms with van der Waals surface area (Å²) in [6.45, 7) is 7.09. The number of pyridine rings is 1. The number of nitrogens with one attached hydrogen (secondary N) is 2. The fourth-order valence-corrected chi connectivity index (χ4v) is 5.96. The molecule has 41 heavy (non-hydrogen) atoms. The van der Waals surface area contributed by atoms with Gasteiger partial charge in [-0.25, -0.2) is 10.1 Å². The van der Waals surface area contributed by atoms with Crippen molar-refractivity contribution in [2.75, 3.05) is 0 Å². The maximum Gasteiger partial charge on any atom is 0.307 e. The summed E-state index contributed by atoms with van der Waals surface area (Å²) in [5, 5.41) is 19.1. The van der Waals surface area contributed by atoms with Crippen LogP contribution in [0.2, 0.25) is 0 Å². The van der Waals surface area contributed by atoms with Crippen molar-refractivity contribution in [1.82, 2.24) is 25.4 Å². The van der Waals surface area contributed by atoms with Gasteiger partial charge in [-0.3, -0.25) is 14.4 Å². The molecule has 3 aromatic rings. The molecule has 1 aromatic carbocycles. The summed E-state index contributed by atoms with van der Waals surface area (Å²) in [6.07, 6.45) is 4.06. The first-order chi connectivity index (χ1) is 19.6. The van der Waals surface area contributed by atoms with Gasteiger partial charge in [0.05, 0.1) is 35.0 Å². The summed E-state index contributed by atoms with van der Waals surface area (Å²) in [6, 6.07) is 14.1. The molecule has 0 bridgehead atoms. The normalized spacial score (nSPS) is 20.0. The van der Waals surface area contributed by atoms with Crippen molar-refractivity contribution in [3.8, 4) is 17.6 Å². The number of aryl methyl sites for hydroxylation is 3. The molecular formula is C31H34N6O4. The summed E-state index contributed by atoms with van der Waals surface area (Å²) < 4.78 is 5.71. The minimum Gasteiger partial charge on any atom is -0.450 e. The third kappa shape index (κ3) is 5.44. The van der Waals surface area contributed by atoms with Crippen LogP contribution in [0.15, 0.2) is 47.3 Å². The van der Waals surface area contributed by atoms with Gasteiger partial charge in [0.25, 0.3) is 5.91 Å². The number of aromatic nitrogens is 3. The molecule has 2 N–H and O–H groups in total. The molecular weight excluding hydrogens is 520 g/mol. The van der Waals surface area contributed by atoms with Crippen LogP contribution in [-0.4, -0.2) is 44.0 Å². The second kappa shape index (κ2) is 11.2. The number of nitriles is 1. The summed E-state index contributed by atoms with van der Waals surface area (Å²) in [5.74, 6) is -0.314. The molecule has 10 heteroatoms. The molecule has 2 aromatic heterocycles. The summed E-state index contributed by atoms with van der Waals surface area (Å²) in [5.41, 5.74) is 2.25. The molecule has 3 atom stereocenters. The molecule has 1 saturated heterocycles. The Kier molecular flexibility index (Phi) is 7.63. The van der Waals surface area contributed by atoms with Crippen LogP contribution in [0.3, 0.4) is 0 Å². The van der Waals surface area contributed by atoms with Crippen LogP contribution in [0.5, 0.6) is 11.5 Å². The van der Waals surface area contributed by atoms with Gasteiger partial charge in [-0.15, -0.1) is 0 Å². The van der Waals surface area contributed by atoms with E-state index >= 15 is 0 Å². The SMILES string of the molecule is Cc1cccc([C@@H]2CC[C@H](C3(C#N)CCC3)N2C(=O)[C@@H](C)NC(=O)c2ccc(Oc3cc(C)n[nH]c3=O)c(C)n2)c1. The molecule has 0 unspecified atom stereocenters. The lowest BCUT2D eigenvalue weighted by Crippen LogP contribution is -2.55. The lowest BCUT2D eigenvalue weighted by Gasteiger charge is -2.46. The number of hydrogen-bond acceptors (Lipinski definition) is 7. The molecule has 212 valence electrons. The zero-order valence-electron chi connectivity index (χ0n) is 23.7. The number of rotatable bonds is 7. The standard InChI is InChI=1S/C31H34N6O4/c1-18-7-5-8-22(15-18)24-10-12-27(31(17-32)13-6-14-31)37(24)30(40)21(4)34-28(38)23-9-11-25(20(3)33-23)41-26-16-19(2)35-36-29(26)39/h5,7-9,11,15-16,21,24,27H,6,10,12-14H2,1-4H3,(H,34,38)(H,36,39)/t21-,24+,27-/m1/s1. The number of amides is 2. The van der Waals surface area contributed by atoms with E-state index in [1.165, 1.54) is 12.1 Å². The van der Waals surface area contributed by atoms with Gasteiger partial charge >= 0.3 is 5.56 Å². The number of ether oxygens (including phenoxy) is 1. The van der Waals surface area contributed by atoms with Crippen molar-refractivity contribution in [2.45, 2.75) is 77.9 Å². The first-order valence-corrected chi connectivity index (χ1v) is 13.9. The third-order valence-electron chi connectivity index (χ3n) is 8.28. The minimum absolute atomic E-state index is 0.0729. The van der Waals surface area contributed by atoms with E-state index < -0.39 is 22.9 Å². The molecule has 0 spiro atoms. The first kappa shape index (κ1) is 28.0. The summed E-state index contributed by atoms with van der Waals surface area (Å²) in [7, 11) is 0. The Bertz CT molecular complexity index is 1590. The van der Waals surface area contributed by atoms with E-state index in [0.29, 0.717) is 17.1 Å². The highest BCUT2D eigenvalue weighted by molar-refractivity contribution is 5.96. The van der Waals surface area contributed by atoms with Crippen molar-refractivity contribution < 1.29 is 14.3 Å². The van der Waals surface area contributed by atoms with Gasteiger partial charge in [-0.05, 0) is 71.1 Å².